The van der Waals surface area contributed by atoms with E-state index >= 15 is 0 Å². The number of amides is 2. The van der Waals surface area contributed by atoms with Crippen LogP contribution < -0.4 is 24.8 Å². The van der Waals surface area contributed by atoms with Crippen molar-refractivity contribution in [3.05, 3.63) is 17.2 Å². The van der Waals surface area contributed by atoms with Crippen LogP contribution in [0, 0.1) is 0 Å². The lowest BCUT2D eigenvalue weighted by molar-refractivity contribution is 0.168. The van der Waals surface area contributed by atoms with Gasteiger partial charge in [-0.25, -0.2) is 4.79 Å². The Morgan fingerprint density at radius 2 is 2.04 bits per heavy atom. The molecule has 7 nitrogen and oxygen atoms in total. The van der Waals surface area contributed by atoms with Gasteiger partial charge in [0.25, 0.3) is 0 Å². The number of rotatable bonds is 3. The number of hydrogen-bond donors (Lipinski definition) is 2. The maximum atomic E-state index is 12.6. The van der Waals surface area contributed by atoms with Crippen molar-refractivity contribution in [2.75, 3.05) is 27.5 Å². The van der Waals surface area contributed by atoms with Gasteiger partial charge in [-0.05, 0) is 37.9 Å². The molecular weight excluding hydrogens is 334 g/mol. The van der Waals surface area contributed by atoms with E-state index in [4.69, 9.17) is 14.2 Å². The molecule has 0 unspecified atom stereocenters. The van der Waals surface area contributed by atoms with Crippen LogP contribution in [0.1, 0.15) is 49.4 Å². The number of ether oxygens (including phenoxy) is 3. The van der Waals surface area contributed by atoms with Crippen LogP contribution in [0.4, 0.5) is 4.79 Å². The number of nitrogens with one attached hydrogen (secondary N) is 2. The number of fused-ring (bicyclic) bond motifs is 2. The standard InChI is InChI=1S/C19H27N3O4/c1-22-9-8-12-10-14-16(26-11-25-14)17(24-2)15(12)18(22)21-19(23)20-13-6-4-3-5-7-13/h10,13,18H,3-9,11H2,1-2H3,(H2,20,21,23)/t18-/m0/s1. The van der Waals surface area contributed by atoms with Crippen LogP contribution in [-0.2, 0) is 6.42 Å². The lowest BCUT2D eigenvalue weighted by Gasteiger charge is -2.36. The van der Waals surface area contributed by atoms with Gasteiger partial charge in [-0.15, -0.1) is 0 Å². The summed E-state index contributed by atoms with van der Waals surface area (Å²) in [5, 5.41) is 6.27. The van der Waals surface area contributed by atoms with Gasteiger partial charge in [0.2, 0.25) is 12.5 Å². The first-order chi connectivity index (χ1) is 12.7. The summed E-state index contributed by atoms with van der Waals surface area (Å²) in [6, 6.07) is 2.16. The third-order valence-electron chi connectivity index (χ3n) is 5.60. The van der Waals surface area contributed by atoms with Gasteiger partial charge >= 0.3 is 6.03 Å². The molecule has 2 heterocycles. The minimum absolute atomic E-state index is 0.124. The molecule has 7 heteroatoms. The number of urea groups is 1. The van der Waals surface area contributed by atoms with Gasteiger partial charge < -0.3 is 24.8 Å². The normalized spacial score (nSPS) is 22.6. The van der Waals surface area contributed by atoms with Crippen molar-refractivity contribution in [1.82, 2.24) is 15.5 Å². The molecule has 0 bridgehead atoms. The molecule has 0 aromatic heterocycles. The minimum Gasteiger partial charge on any atom is -0.492 e. The molecule has 0 spiro atoms. The molecule has 2 aliphatic heterocycles. The molecule has 2 N–H and O–H groups in total. The highest BCUT2D eigenvalue weighted by molar-refractivity contribution is 5.75. The van der Waals surface area contributed by atoms with Crippen LogP contribution >= 0.6 is 0 Å². The summed E-state index contributed by atoms with van der Waals surface area (Å²) < 4.78 is 16.8. The molecule has 4 rings (SSSR count). The number of carbonyl (C=O) groups excluding carboxylic acids is 1. The molecular formula is C19H27N3O4. The van der Waals surface area contributed by atoms with E-state index in [1.165, 1.54) is 19.3 Å². The van der Waals surface area contributed by atoms with Crippen LogP contribution in [0.15, 0.2) is 6.07 Å². The molecule has 0 saturated heterocycles. The van der Waals surface area contributed by atoms with E-state index in [-0.39, 0.29) is 25.0 Å². The lowest BCUT2D eigenvalue weighted by Crippen LogP contribution is -2.49. The molecule has 0 radical (unpaired) electrons. The first kappa shape index (κ1) is 17.3. The molecule has 3 aliphatic rings. The van der Waals surface area contributed by atoms with Crippen LogP contribution in [0.2, 0.25) is 0 Å². The Morgan fingerprint density at radius 1 is 1.23 bits per heavy atom. The molecule has 1 saturated carbocycles. The third-order valence-corrected chi connectivity index (χ3v) is 5.60. The summed E-state index contributed by atoms with van der Waals surface area (Å²) in [6.07, 6.45) is 6.39. The maximum absolute atomic E-state index is 12.6. The number of methoxy groups -OCH3 is 1. The van der Waals surface area contributed by atoms with Gasteiger partial charge in [-0.3, -0.25) is 4.90 Å². The topological polar surface area (TPSA) is 72.1 Å². The van der Waals surface area contributed by atoms with Gasteiger partial charge in [-0.2, -0.15) is 0 Å². The van der Waals surface area contributed by atoms with Crippen molar-refractivity contribution in [2.45, 2.75) is 50.7 Å². The highest BCUT2D eigenvalue weighted by Gasteiger charge is 2.35. The summed E-state index contributed by atoms with van der Waals surface area (Å²) in [4.78, 5) is 14.8. The van der Waals surface area contributed by atoms with E-state index in [2.05, 4.69) is 15.5 Å². The van der Waals surface area contributed by atoms with Gasteiger partial charge in [0.15, 0.2) is 11.5 Å². The minimum atomic E-state index is -0.258. The quantitative estimate of drug-likeness (QED) is 0.866. The molecule has 1 fully saturated rings. The van der Waals surface area contributed by atoms with Gasteiger partial charge in [-0.1, -0.05) is 19.3 Å². The van der Waals surface area contributed by atoms with E-state index in [0.29, 0.717) is 11.5 Å². The Kier molecular flexibility index (Phi) is 4.80. The Labute approximate surface area is 154 Å². The molecule has 1 aliphatic carbocycles. The zero-order valence-corrected chi connectivity index (χ0v) is 15.5. The van der Waals surface area contributed by atoms with Crippen LogP contribution in [0.3, 0.4) is 0 Å². The highest BCUT2D eigenvalue weighted by atomic mass is 16.7. The predicted molar refractivity (Wildman–Crippen MR) is 96.7 cm³/mol. The van der Waals surface area contributed by atoms with Crippen LogP contribution in [0.5, 0.6) is 17.2 Å². The third kappa shape index (κ3) is 3.16. The Balaban J connectivity index is 1.58. The van der Waals surface area contributed by atoms with E-state index in [1.54, 1.807) is 7.11 Å². The van der Waals surface area contributed by atoms with Crippen molar-refractivity contribution in [3.63, 3.8) is 0 Å². The summed E-state index contributed by atoms with van der Waals surface area (Å²) in [7, 11) is 3.64. The first-order valence-corrected chi connectivity index (χ1v) is 9.44. The van der Waals surface area contributed by atoms with Gasteiger partial charge in [0, 0.05) is 18.2 Å². The molecule has 1 aromatic carbocycles. The molecule has 1 atom stereocenters. The van der Waals surface area contributed by atoms with E-state index in [1.807, 2.05) is 13.1 Å². The smallest absolute Gasteiger partial charge is 0.316 e. The van der Waals surface area contributed by atoms with Crippen LogP contribution in [-0.4, -0.2) is 44.5 Å². The fraction of sp³-hybridized carbons (Fsp3) is 0.632. The number of carbonyl (C=O) groups is 1. The number of hydrogen-bond acceptors (Lipinski definition) is 5. The van der Waals surface area contributed by atoms with Gasteiger partial charge in [0.05, 0.1) is 7.11 Å². The molecule has 142 valence electrons. The second kappa shape index (κ2) is 7.23. The SMILES string of the molecule is COc1c2c(cc3c1[C@@H](NC(=O)NC1CCCCC1)N(C)CC3)OCO2. The van der Waals surface area contributed by atoms with Crippen molar-refractivity contribution >= 4 is 6.03 Å². The van der Waals surface area contributed by atoms with E-state index in [9.17, 15) is 4.79 Å². The van der Waals surface area contributed by atoms with Crippen molar-refractivity contribution < 1.29 is 19.0 Å². The zero-order chi connectivity index (χ0) is 18.1. The summed E-state index contributed by atoms with van der Waals surface area (Å²) >= 11 is 0. The maximum Gasteiger partial charge on any atom is 0.316 e. The molecule has 2 amide bonds. The predicted octanol–water partition coefficient (Wildman–Crippen LogP) is 2.54. The highest BCUT2D eigenvalue weighted by Crippen LogP contribution is 2.48. The molecule has 26 heavy (non-hydrogen) atoms. The summed E-state index contributed by atoms with van der Waals surface area (Å²) in [5.41, 5.74) is 2.09. The fourth-order valence-electron chi connectivity index (χ4n) is 4.21. The average Bonchev–Trinajstić information content (AvgIpc) is 3.11. The Bertz CT molecular complexity index is 688. The largest absolute Gasteiger partial charge is 0.492 e. The van der Waals surface area contributed by atoms with Crippen molar-refractivity contribution in [1.29, 1.82) is 0 Å². The average molecular weight is 361 g/mol. The number of likely N-dealkylation sites (N-methyl/N-ethyl adjacent to an activating group) is 1. The number of nitrogens with zero attached hydrogens (tertiary/aromatic N) is 1. The molecule has 1 aromatic rings. The summed E-state index contributed by atoms with van der Waals surface area (Å²) in [6.45, 7) is 1.05. The summed E-state index contributed by atoms with van der Waals surface area (Å²) in [5.74, 6) is 2.00. The second-order valence-corrected chi connectivity index (χ2v) is 7.30. The van der Waals surface area contributed by atoms with Crippen molar-refractivity contribution in [2.24, 2.45) is 0 Å². The first-order valence-electron chi connectivity index (χ1n) is 9.44. The van der Waals surface area contributed by atoms with Crippen molar-refractivity contribution in [3.8, 4) is 17.2 Å². The van der Waals surface area contributed by atoms with Gasteiger partial charge in [0.1, 0.15) is 6.17 Å². The fourth-order valence-corrected chi connectivity index (χ4v) is 4.21. The monoisotopic (exact) mass is 361 g/mol. The number of benzene rings is 1. The Morgan fingerprint density at radius 3 is 2.81 bits per heavy atom. The van der Waals surface area contributed by atoms with E-state index < -0.39 is 0 Å². The second-order valence-electron chi connectivity index (χ2n) is 7.30. The zero-order valence-electron chi connectivity index (χ0n) is 15.5. The van der Waals surface area contributed by atoms with E-state index in [0.717, 1.165) is 42.7 Å². The Hall–Kier alpha value is -2.15. The lowest BCUT2D eigenvalue weighted by atomic mass is 9.94. The van der Waals surface area contributed by atoms with Crippen LogP contribution in [0.25, 0.3) is 0 Å².